The first-order chi connectivity index (χ1) is 11.0. The van der Waals surface area contributed by atoms with E-state index in [-0.39, 0.29) is 12.2 Å². The van der Waals surface area contributed by atoms with Crippen molar-refractivity contribution >= 4 is 40.2 Å². The summed E-state index contributed by atoms with van der Waals surface area (Å²) in [6, 6.07) is 7.26. The number of aromatic nitrogens is 3. The molecule has 0 unspecified atom stereocenters. The van der Waals surface area contributed by atoms with E-state index in [1.165, 1.54) is 6.20 Å². The van der Waals surface area contributed by atoms with Gasteiger partial charge in [-0.05, 0) is 32.0 Å². The molecule has 0 N–H and O–H groups in total. The molecule has 2 heterocycles. The zero-order chi connectivity index (χ0) is 16.6. The molecule has 0 fully saturated rings. The van der Waals surface area contributed by atoms with Crippen molar-refractivity contribution in [3.05, 3.63) is 51.8 Å². The fraction of sp³-hybridized carbons (Fsp3) is 0.188. The van der Waals surface area contributed by atoms with Gasteiger partial charge in [-0.3, -0.25) is 0 Å². The quantitative estimate of drug-likeness (QED) is 0.664. The van der Waals surface area contributed by atoms with Gasteiger partial charge in [-0.1, -0.05) is 29.3 Å². The number of pyridine rings is 1. The van der Waals surface area contributed by atoms with Gasteiger partial charge in [0.25, 0.3) is 0 Å². The van der Waals surface area contributed by atoms with Crippen molar-refractivity contribution in [3.63, 3.8) is 0 Å². The average molecular weight is 350 g/mol. The van der Waals surface area contributed by atoms with Gasteiger partial charge in [-0.15, -0.1) is 0 Å². The van der Waals surface area contributed by atoms with Gasteiger partial charge < -0.3 is 4.74 Å². The standard InChI is InChI=1S/C16H13Cl2N3O2/c1-3-23-16(22)12-8-19-15-13(14(12)18)9(2)20-21(15)11-6-4-5-10(17)7-11/h4-8H,3H2,1-2H3. The lowest BCUT2D eigenvalue weighted by Crippen LogP contribution is -2.06. The van der Waals surface area contributed by atoms with Crippen LogP contribution >= 0.6 is 23.2 Å². The number of halogens is 2. The number of carbonyl (C=O) groups excluding carboxylic acids is 1. The summed E-state index contributed by atoms with van der Waals surface area (Å²) in [5, 5.41) is 5.98. The molecular weight excluding hydrogens is 337 g/mol. The van der Waals surface area contributed by atoms with Crippen molar-refractivity contribution in [1.82, 2.24) is 14.8 Å². The number of hydrogen-bond acceptors (Lipinski definition) is 4. The Morgan fingerprint density at radius 1 is 1.35 bits per heavy atom. The minimum atomic E-state index is -0.498. The highest BCUT2D eigenvalue weighted by molar-refractivity contribution is 6.38. The third-order valence-electron chi connectivity index (χ3n) is 3.36. The summed E-state index contributed by atoms with van der Waals surface area (Å²) in [7, 11) is 0. The Hall–Kier alpha value is -2.11. The number of hydrogen-bond donors (Lipinski definition) is 0. The largest absolute Gasteiger partial charge is 0.462 e. The Balaban J connectivity index is 2.21. The molecule has 0 aliphatic heterocycles. The molecule has 0 radical (unpaired) electrons. The van der Waals surface area contributed by atoms with Crippen LogP contribution in [0.5, 0.6) is 0 Å². The van der Waals surface area contributed by atoms with E-state index in [1.807, 2.05) is 19.1 Å². The molecule has 3 aromatic rings. The molecule has 0 atom stereocenters. The predicted octanol–water partition coefficient (Wildman–Crippen LogP) is 4.21. The van der Waals surface area contributed by atoms with Gasteiger partial charge in [0, 0.05) is 11.2 Å². The first kappa shape index (κ1) is 15.8. The van der Waals surface area contributed by atoms with Crippen LogP contribution < -0.4 is 0 Å². The van der Waals surface area contributed by atoms with Crippen molar-refractivity contribution in [1.29, 1.82) is 0 Å². The van der Waals surface area contributed by atoms with Crippen LogP contribution in [0.25, 0.3) is 16.7 Å². The maximum atomic E-state index is 12.0. The van der Waals surface area contributed by atoms with Crippen LogP contribution in [0.15, 0.2) is 30.5 Å². The van der Waals surface area contributed by atoms with Gasteiger partial charge >= 0.3 is 5.97 Å². The third-order valence-corrected chi connectivity index (χ3v) is 3.98. The molecule has 0 saturated carbocycles. The lowest BCUT2D eigenvalue weighted by molar-refractivity contribution is 0.0526. The molecule has 0 spiro atoms. The number of rotatable bonds is 3. The molecule has 7 heteroatoms. The van der Waals surface area contributed by atoms with Crippen LogP contribution in [-0.4, -0.2) is 27.3 Å². The van der Waals surface area contributed by atoms with Crippen LogP contribution in [0.2, 0.25) is 10.0 Å². The second-order valence-corrected chi connectivity index (χ2v) is 5.70. The Bertz CT molecular complexity index is 906. The second-order valence-electron chi connectivity index (χ2n) is 4.88. The first-order valence-corrected chi connectivity index (χ1v) is 7.75. The lowest BCUT2D eigenvalue weighted by atomic mass is 10.2. The van der Waals surface area contributed by atoms with Crippen molar-refractivity contribution in [2.45, 2.75) is 13.8 Å². The summed E-state index contributed by atoms with van der Waals surface area (Å²) in [6.45, 7) is 3.82. The van der Waals surface area contributed by atoms with Crippen molar-refractivity contribution < 1.29 is 9.53 Å². The highest BCUT2D eigenvalue weighted by atomic mass is 35.5. The Morgan fingerprint density at radius 3 is 2.83 bits per heavy atom. The summed E-state index contributed by atoms with van der Waals surface area (Å²) < 4.78 is 6.65. The fourth-order valence-corrected chi connectivity index (χ4v) is 2.88. The molecule has 118 valence electrons. The number of esters is 1. The number of fused-ring (bicyclic) bond motifs is 1. The maximum Gasteiger partial charge on any atom is 0.341 e. The van der Waals surface area contributed by atoms with E-state index in [2.05, 4.69) is 10.1 Å². The van der Waals surface area contributed by atoms with E-state index in [9.17, 15) is 4.79 Å². The van der Waals surface area contributed by atoms with Crippen LogP contribution in [0.3, 0.4) is 0 Å². The number of aryl methyl sites for hydroxylation is 1. The van der Waals surface area contributed by atoms with E-state index in [0.29, 0.717) is 26.8 Å². The summed E-state index contributed by atoms with van der Waals surface area (Å²) >= 11 is 12.4. The minimum Gasteiger partial charge on any atom is -0.462 e. The van der Waals surface area contributed by atoms with Crippen LogP contribution in [0.1, 0.15) is 23.0 Å². The monoisotopic (exact) mass is 349 g/mol. The highest BCUT2D eigenvalue weighted by Crippen LogP contribution is 2.30. The smallest absolute Gasteiger partial charge is 0.341 e. The normalized spacial score (nSPS) is 11.0. The Morgan fingerprint density at radius 2 is 2.13 bits per heavy atom. The molecule has 0 aliphatic rings. The second kappa shape index (κ2) is 6.18. The topological polar surface area (TPSA) is 57.0 Å². The summed E-state index contributed by atoms with van der Waals surface area (Å²) in [5.41, 5.74) is 2.23. The summed E-state index contributed by atoms with van der Waals surface area (Å²) in [6.07, 6.45) is 1.41. The third kappa shape index (κ3) is 2.78. The lowest BCUT2D eigenvalue weighted by Gasteiger charge is -2.06. The molecule has 5 nitrogen and oxygen atoms in total. The van der Waals surface area contributed by atoms with Crippen LogP contribution in [0, 0.1) is 6.92 Å². The van der Waals surface area contributed by atoms with E-state index >= 15 is 0 Å². The molecular formula is C16H13Cl2N3O2. The maximum absolute atomic E-state index is 12.0. The first-order valence-electron chi connectivity index (χ1n) is 6.99. The Labute approximate surface area is 142 Å². The van der Waals surface area contributed by atoms with Gasteiger partial charge in [0.1, 0.15) is 0 Å². The minimum absolute atomic E-state index is 0.231. The van der Waals surface area contributed by atoms with E-state index < -0.39 is 5.97 Å². The van der Waals surface area contributed by atoms with Gasteiger partial charge in [-0.2, -0.15) is 5.10 Å². The molecule has 0 bridgehead atoms. The number of benzene rings is 1. The number of ether oxygens (including phenoxy) is 1. The zero-order valence-corrected chi connectivity index (χ0v) is 14.0. The predicted molar refractivity (Wildman–Crippen MR) is 89.6 cm³/mol. The molecule has 0 saturated heterocycles. The van der Waals surface area contributed by atoms with Gasteiger partial charge in [0.2, 0.25) is 0 Å². The molecule has 23 heavy (non-hydrogen) atoms. The van der Waals surface area contributed by atoms with E-state index in [4.69, 9.17) is 27.9 Å². The van der Waals surface area contributed by atoms with E-state index in [1.54, 1.807) is 23.7 Å². The molecule has 0 aliphatic carbocycles. The molecule has 2 aromatic heterocycles. The van der Waals surface area contributed by atoms with Crippen molar-refractivity contribution in [3.8, 4) is 5.69 Å². The number of nitrogens with zero attached hydrogens (tertiary/aromatic N) is 3. The number of carbonyl (C=O) groups is 1. The van der Waals surface area contributed by atoms with Crippen LogP contribution in [0.4, 0.5) is 0 Å². The highest BCUT2D eigenvalue weighted by Gasteiger charge is 2.20. The van der Waals surface area contributed by atoms with Crippen LogP contribution in [-0.2, 0) is 4.74 Å². The average Bonchev–Trinajstić information content (AvgIpc) is 2.85. The molecule has 3 rings (SSSR count). The SMILES string of the molecule is CCOC(=O)c1cnc2c(c(C)nn2-c2cccc(Cl)c2)c1Cl. The molecule has 0 amide bonds. The Kier molecular flexibility index (Phi) is 4.24. The van der Waals surface area contributed by atoms with Crippen molar-refractivity contribution in [2.75, 3.05) is 6.61 Å². The van der Waals surface area contributed by atoms with Gasteiger partial charge in [0.15, 0.2) is 5.65 Å². The zero-order valence-electron chi connectivity index (χ0n) is 12.5. The van der Waals surface area contributed by atoms with Gasteiger partial charge in [0.05, 0.1) is 34.0 Å². The summed E-state index contributed by atoms with van der Waals surface area (Å²) in [4.78, 5) is 16.3. The van der Waals surface area contributed by atoms with Crippen molar-refractivity contribution in [2.24, 2.45) is 0 Å². The van der Waals surface area contributed by atoms with Gasteiger partial charge in [-0.25, -0.2) is 14.5 Å². The van der Waals surface area contributed by atoms with E-state index in [0.717, 1.165) is 5.69 Å². The molecule has 1 aromatic carbocycles. The fourth-order valence-electron chi connectivity index (χ4n) is 2.35. The summed E-state index contributed by atoms with van der Waals surface area (Å²) in [5.74, 6) is -0.498.